The van der Waals surface area contributed by atoms with Gasteiger partial charge in [-0.3, -0.25) is 0 Å². The Bertz CT molecular complexity index is 931. The Hall–Kier alpha value is -2.89. The Kier molecular flexibility index (Phi) is 3.75. The Morgan fingerprint density at radius 1 is 1.04 bits per heavy atom. The quantitative estimate of drug-likeness (QED) is 0.724. The topological polar surface area (TPSA) is 50.2 Å². The molecule has 24 heavy (non-hydrogen) atoms. The van der Waals surface area contributed by atoms with Crippen molar-refractivity contribution in [1.29, 1.82) is 0 Å². The summed E-state index contributed by atoms with van der Waals surface area (Å²) in [6, 6.07) is 11.5. The fraction of sp³-hybridized carbons (Fsp3) is 0.111. The molecule has 0 radical (unpaired) electrons. The first-order valence-corrected chi connectivity index (χ1v) is 7.08. The standard InChI is InChI=1S/C18H12F3NO2/c1-10-2-4-11(5-3-10)16-9-14(17(23)24)13-8-12(18(19,20)21)6-7-15(13)22-16/h2-9H,1H3,(H,23,24). The Labute approximate surface area is 135 Å². The summed E-state index contributed by atoms with van der Waals surface area (Å²) in [5.41, 5.74) is 1.24. The molecule has 1 heterocycles. The SMILES string of the molecule is Cc1ccc(-c2cc(C(=O)O)c3cc(C(F)(F)F)ccc3n2)cc1. The van der Waals surface area contributed by atoms with Crippen LogP contribution >= 0.6 is 0 Å². The molecule has 1 N–H and O–H groups in total. The maximum absolute atomic E-state index is 12.9. The van der Waals surface area contributed by atoms with Gasteiger partial charge in [0.1, 0.15) is 0 Å². The van der Waals surface area contributed by atoms with E-state index in [1.54, 1.807) is 12.1 Å². The number of carbonyl (C=O) groups is 1. The minimum absolute atomic E-state index is 0.0341. The first-order chi connectivity index (χ1) is 11.3. The maximum Gasteiger partial charge on any atom is 0.416 e. The smallest absolute Gasteiger partial charge is 0.416 e. The second-order valence-corrected chi connectivity index (χ2v) is 5.46. The predicted molar refractivity (Wildman–Crippen MR) is 83.9 cm³/mol. The van der Waals surface area contributed by atoms with E-state index in [-0.39, 0.29) is 16.5 Å². The van der Waals surface area contributed by atoms with Gasteiger partial charge in [-0.2, -0.15) is 13.2 Å². The number of carboxylic acid groups (broad SMARTS) is 1. The zero-order valence-electron chi connectivity index (χ0n) is 12.6. The molecule has 1 aromatic heterocycles. The molecule has 122 valence electrons. The van der Waals surface area contributed by atoms with Gasteiger partial charge in [-0.05, 0) is 31.2 Å². The Morgan fingerprint density at radius 2 is 1.71 bits per heavy atom. The van der Waals surface area contributed by atoms with E-state index in [1.165, 1.54) is 12.1 Å². The van der Waals surface area contributed by atoms with Crippen molar-refractivity contribution < 1.29 is 23.1 Å². The molecule has 0 atom stereocenters. The van der Waals surface area contributed by atoms with Gasteiger partial charge in [0.25, 0.3) is 0 Å². The number of aromatic nitrogens is 1. The summed E-state index contributed by atoms with van der Waals surface area (Å²) >= 11 is 0. The molecular formula is C18H12F3NO2. The summed E-state index contributed by atoms with van der Waals surface area (Å²) in [6.45, 7) is 1.92. The molecule has 0 aliphatic heterocycles. The fourth-order valence-corrected chi connectivity index (χ4v) is 2.45. The van der Waals surface area contributed by atoms with Crippen LogP contribution in [0, 0.1) is 6.92 Å². The molecule has 3 nitrogen and oxygen atoms in total. The number of carboxylic acids is 1. The van der Waals surface area contributed by atoms with Crippen LogP contribution in [0.4, 0.5) is 13.2 Å². The number of aromatic carboxylic acids is 1. The number of rotatable bonds is 2. The monoisotopic (exact) mass is 331 g/mol. The number of alkyl halides is 3. The second kappa shape index (κ2) is 5.63. The molecule has 0 aliphatic carbocycles. The van der Waals surface area contributed by atoms with Crippen LogP contribution in [0.25, 0.3) is 22.2 Å². The summed E-state index contributed by atoms with van der Waals surface area (Å²) in [4.78, 5) is 15.8. The summed E-state index contributed by atoms with van der Waals surface area (Å²) in [5.74, 6) is -1.30. The van der Waals surface area contributed by atoms with Crippen molar-refractivity contribution in [2.75, 3.05) is 0 Å². The highest BCUT2D eigenvalue weighted by Gasteiger charge is 2.31. The number of hydrogen-bond acceptors (Lipinski definition) is 2. The summed E-state index contributed by atoms with van der Waals surface area (Å²) < 4.78 is 38.6. The number of aryl methyl sites for hydroxylation is 1. The first kappa shape index (κ1) is 16.0. The molecule has 0 saturated carbocycles. The lowest BCUT2D eigenvalue weighted by Gasteiger charge is -2.11. The van der Waals surface area contributed by atoms with E-state index in [0.29, 0.717) is 11.3 Å². The largest absolute Gasteiger partial charge is 0.478 e. The number of nitrogens with zero attached hydrogens (tertiary/aromatic N) is 1. The zero-order chi connectivity index (χ0) is 17.5. The molecule has 2 aromatic carbocycles. The fourth-order valence-electron chi connectivity index (χ4n) is 2.45. The lowest BCUT2D eigenvalue weighted by atomic mass is 10.0. The minimum Gasteiger partial charge on any atom is -0.478 e. The molecule has 6 heteroatoms. The Morgan fingerprint density at radius 3 is 2.29 bits per heavy atom. The molecule has 0 unspecified atom stereocenters. The number of pyridine rings is 1. The van der Waals surface area contributed by atoms with Crippen molar-refractivity contribution in [3.05, 3.63) is 65.2 Å². The van der Waals surface area contributed by atoms with Crippen molar-refractivity contribution >= 4 is 16.9 Å². The van der Waals surface area contributed by atoms with Crippen molar-refractivity contribution in [3.8, 4) is 11.3 Å². The normalized spacial score (nSPS) is 11.7. The number of benzene rings is 2. The van der Waals surface area contributed by atoms with Crippen LogP contribution in [0.5, 0.6) is 0 Å². The molecule has 0 aliphatic rings. The van der Waals surface area contributed by atoms with E-state index >= 15 is 0 Å². The van der Waals surface area contributed by atoms with Crippen molar-refractivity contribution in [2.45, 2.75) is 13.1 Å². The Balaban J connectivity index is 2.25. The average Bonchev–Trinajstić information content (AvgIpc) is 2.53. The summed E-state index contributed by atoms with van der Waals surface area (Å²) in [7, 11) is 0. The third-order valence-corrected chi connectivity index (χ3v) is 3.71. The summed E-state index contributed by atoms with van der Waals surface area (Å²) in [5, 5.41) is 9.35. The van der Waals surface area contributed by atoms with Crippen LogP contribution in [0.15, 0.2) is 48.5 Å². The molecule has 0 fully saturated rings. The van der Waals surface area contributed by atoms with Gasteiger partial charge in [0.05, 0.1) is 22.3 Å². The molecule has 3 aromatic rings. The third-order valence-electron chi connectivity index (χ3n) is 3.71. The van der Waals surface area contributed by atoms with Crippen molar-refractivity contribution in [1.82, 2.24) is 4.98 Å². The van der Waals surface area contributed by atoms with Crippen molar-refractivity contribution in [2.24, 2.45) is 0 Å². The molecular weight excluding hydrogens is 319 g/mol. The predicted octanol–water partition coefficient (Wildman–Crippen LogP) is 4.93. The van der Waals surface area contributed by atoms with Crippen LogP contribution in [0.3, 0.4) is 0 Å². The highest BCUT2D eigenvalue weighted by Crippen LogP contribution is 2.33. The summed E-state index contributed by atoms with van der Waals surface area (Å²) in [6.07, 6.45) is -4.54. The van der Waals surface area contributed by atoms with Gasteiger partial charge in [-0.1, -0.05) is 29.8 Å². The molecule has 0 amide bonds. The van der Waals surface area contributed by atoms with Gasteiger partial charge in [0.2, 0.25) is 0 Å². The highest BCUT2D eigenvalue weighted by atomic mass is 19.4. The van der Waals surface area contributed by atoms with E-state index in [9.17, 15) is 23.1 Å². The lowest BCUT2D eigenvalue weighted by molar-refractivity contribution is -0.137. The molecule has 0 spiro atoms. The van der Waals surface area contributed by atoms with Gasteiger partial charge in [-0.25, -0.2) is 9.78 Å². The average molecular weight is 331 g/mol. The first-order valence-electron chi connectivity index (χ1n) is 7.08. The van der Waals surface area contributed by atoms with Crippen molar-refractivity contribution in [3.63, 3.8) is 0 Å². The van der Waals surface area contributed by atoms with Gasteiger partial charge < -0.3 is 5.11 Å². The van der Waals surface area contributed by atoms with Crippen LogP contribution in [0.1, 0.15) is 21.5 Å². The van der Waals surface area contributed by atoms with E-state index in [2.05, 4.69) is 4.98 Å². The highest BCUT2D eigenvalue weighted by molar-refractivity contribution is 6.04. The van der Waals surface area contributed by atoms with Crippen LogP contribution in [-0.2, 0) is 6.18 Å². The number of halogens is 3. The maximum atomic E-state index is 12.9. The van der Waals surface area contributed by atoms with Gasteiger partial charge in [-0.15, -0.1) is 0 Å². The second-order valence-electron chi connectivity index (χ2n) is 5.46. The van der Waals surface area contributed by atoms with Crippen LogP contribution in [0.2, 0.25) is 0 Å². The zero-order valence-corrected chi connectivity index (χ0v) is 12.6. The minimum atomic E-state index is -4.54. The third kappa shape index (κ3) is 2.95. The lowest BCUT2D eigenvalue weighted by Crippen LogP contribution is -2.06. The van der Waals surface area contributed by atoms with Crippen LogP contribution < -0.4 is 0 Å². The van der Waals surface area contributed by atoms with Crippen LogP contribution in [-0.4, -0.2) is 16.1 Å². The number of hydrogen-bond donors (Lipinski definition) is 1. The van der Waals surface area contributed by atoms with E-state index in [0.717, 1.165) is 17.7 Å². The number of fused-ring (bicyclic) bond motifs is 1. The van der Waals surface area contributed by atoms with E-state index < -0.39 is 17.7 Å². The molecule has 0 bridgehead atoms. The molecule has 3 rings (SSSR count). The van der Waals surface area contributed by atoms with E-state index in [4.69, 9.17) is 0 Å². The van der Waals surface area contributed by atoms with Gasteiger partial charge >= 0.3 is 12.1 Å². The molecule has 0 saturated heterocycles. The van der Waals surface area contributed by atoms with E-state index in [1.807, 2.05) is 19.1 Å². The van der Waals surface area contributed by atoms with Gasteiger partial charge in [0, 0.05) is 10.9 Å². The van der Waals surface area contributed by atoms with Gasteiger partial charge in [0.15, 0.2) is 0 Å².